The molecule has 1 aromatic heterocycles. The number of halogens is 1. The Hall–Kier alpha value is -1.81. The highest BCUT2D eigenvalue weighted by Gasteiger charge is 2.13. The lowest BCUT2D eigenvalue weighted by Crippen LogP contribution is -2.26. The third-order valence-electron chi connectivity index (χ3n) is 2.73. The zero-order valence-electron chi connectivity index (χ0n) is 10.3. The van der Waals surface area contributed by atoms with E-state index < -0.39 is 0 Å². The van der Waals surface area contributed by atoms with Gasteiger partial charge in [-0.1, -0.05) is 11.6 Å². The van der Waals surface area contributed by atoms with Gasteiger partial charge in [0.15, 0.2) is 0 Å². The van der Waals surface area contributed by atoms with Crippen LogP contribution in [0.2, 0.25) is 5.02 Å². The van der Waals surface area contributed by atoms with Crippen LogP contribution in [-0.4, -0.2) is 28.1 Å². The average molecular weight is 264 g/mol. The molecule has 2 aromatic rings. The lowest BCUT2D eigenvalue weighted by Gasteiger charge is -2.16. The van der Waals surface area contributed by atoms with Crippen molar-refractivity contribution in [2.24, 2.45) is 0 Å². The van der Waals surface area contributed by atoms with E-state index in [0.717, 1.165) is 11.1 Å². The topological polar surface area (TPSA) is 49.0 Å². The van der Waals surface area contributed by atoms with Gasteiger partial charge in [0.25, 0.3) is 5.91 Å². The second kappa shape index (κ2) is 5.23. The largest absolute Gasteiger partial charge is 0.337 e. The number of hydrogen-bond donors (Lipinski definition) is 1. The van der Waals surface area contributed by atoms with Crippen molar-refractivity contribution < 1.29 is 4.79 Å². The number of carbonyl (C=O) groups is 1. The molecule has 0 fully saturated rings. The molecule has 1 heterocycles. The zero-order valence-corrected chi connectivity index (χ0v) is 11.0. The molecule has 0 aliphatic rings. The summed E-state index contributed by atoms with van der Waals surface area (Å²) in [5.41, 5.74) is 2.51. The van der Waals surface area contributed by atoms with E-state index in [4.69, 9.17) is 11.6 Å². The summed E-state index contributed by atoms with van der Waals surface area (Å²) in [4.78, 5) is 13.8. The maximum Gasteiger partial charge on any atom is 0.253 e. The van der Waals surface area contributed by atoms with Crippen molar-refractivity contribution in [1.82, 2.24) is 15.1 Å². The van der Waals surface area contributed by atoms with Gasteiger partial charge < -0.3 is 4.90 Å². The Morgan fingerprint density at radius 1 is 1.50 bits per heavy atom. The van der Waals surface area contributed by atoms with E-state index in [1.54, 1.807) is 42.5 Å². The summed E-state index contributed by atoms with van der Waals surface area (Å²) in [5, 5.41) is 7.25. The number of hydrogen-bond acceptors (Lipinski definition) is 2. The van der Waals surface area contributed by atoms with E-state index in [0.29, 0.717) is 17.1 Å². The molecule has 18 heavy (non-hydrogen) atoms. The zero-order chi connectivity index (χ0) is 13.1. The number of rotatable bonds is 3. The van der Waals surface area contributed by atoms with Crippen molar-refractivity contribution in [3.8, 4) is 0 Å². The third-order valence-corrected chi connectivity index (χ3v) is 3.15. The molecule has 0 radical (unpaired) electrons. The van der Waals surface area contributed by atoms with Crippen LogP contribution in [0.5, 0.6) is 0 Å². The van der Waals surface area contributed by atoms with Gasteiger partial charge in [-0.05, 0) is 30.7 Å². The predicted molar refractivity (Wildman–Crippen MR) is 70.6 cm³/mol. The van der Waals surface area contributed by atoms with Crippen molar-refractivity contribution in [1.29, 1.82) is 0 Å². The van der Waals surface area contributed by atoms with Gasteiger partial charge in [0.05, 0.1) is 6.20 Å². The molecule has 0 unspecified atom stereocenters. The van der Waals surface area contributed by atoms with Crippen LogP contribution in [-0.2, 0) is 6.54 Å². The van der Waals surface area contributed by atoms with Gasteiger partial charge in [0.1, 0.15) is 0 Å². The molecule has 94 valence electrons. The Morgan fingerprint density at radius 3 is 2.89 bits per heavy atom. The Balaban J connectivity index is 2.12. The summed E-state index contributed by atoms with van der Waals surface area (Å²) >= 11 is 5.94. The fourth-order valence-corrected chi connectivity index (χ4v) is 1.83. The van der Waals surface area contributed by atoms with Crippen molar-refractivity contribution >= 4 is 17.5 Å². The Kier molecular flexibility index (Phi) is 3.67. The lowest BCUT2D eigenvalue weighted by atomic mass is 10.1. The van der Waals surface area contributed by atoms with Crippen LogP contribution in [0.25, 0.3) is 0 Å². The quantitative estimate of drug-likeness (QED) is 0.926. The average Bonchev–Trinajstić information content (AvgIpc) is 2.84. The number of nitrogens with one attached hydrogen (secondary N) is 1. The first kappa shape index (κ1) is 12.6. The number of aromatic nitrogens is 2. The molecule has 5 heteroatoms. The fraction of sp³-hybridized carbons (Fsp3) is 0.231. The Morgan fingerprint density at radius 2 is 2.28 bits per heavy atom. The Bertz CT molecular complexity index is 551. The number of aromatic amines is 1. The Labute approximate surface area is 111 Å². The predicted octanol–water partition coefficient (Wildman–Crippen LogP) is 2.64. The minimum Gasteiger partial charge on any atom is -0.337 e. The number of aryl methyl sites for hydroxylation is 1. The smallest absolute Gasteiger partial charge is 0.253 e. The molecule has 4 nitrogen and oxygen atoms in total. The van der Waals surface area contributed by atoms with Crippen LogP contribution in [0.4, 0.5) is 0 Å². The van der Waals surface area contributed by atoms with Crippen molar-refractivity contribution in [2.75, 3.05) is 7.05 Å². The van der Waals surface area contributed by atoms with Crippen molar-refractivity contribution in [3.63, 3.8) is 0 Å². The van der Waals surface area contributed by atoms with Gasteiger partial charge in [0.2, 0.25) is 0 Å². The SMILES string of the molecule is Cc1cc(C(=O)N(C)Cc2cn[nH]c2)ccc1Cl. The highest BCUT2D eigenvalue weighted by Crippen LogP contribution is 2.17. The summed E-state index contributed by atoms with van der Waals surface area (Å²) in [5.74, 6) is -0.0315. The van der Waals surface area contributed by atoms with Crippen LogP contribution in [0.15, 0.2) is 30.6 Å². The van der Waals surface area contributed by atoms with Gasteiger partial charge in [-0.15, -0.1) is 0 Å². The van der Waals surface area contributed by atoms with E-state index in [1.165, 1.54) is 0 Å². The van der Waals surface area contributed by atoms with Crippen LogP contribution >= 0.6 is 11.6 Å². The maximum atomic E-state index is 12.2. The highest BCUT2D eigenvalue weighted by molar-refractivity contribution is 6.31. The number of benzene rings is 1. The van der Waals surface area contributed by atoms with Crippen LogP contribution < -0.4 is 0 Å². The minimum absolute atomic E-state index is 0.0315. The minimum atomic E-state index is -0.0315. The molecule has 0 atom stereocenters. The fourth-order valence-electron chi connectivity index (χ4n) is 1.71. The second-order valence-corrected chi connectivity index (χ2v) is 4.64. The molecular formula is C13H14ClN3O. The first-order valence-electron chi connectivity index (χ1n) is 5.57. The molecule has 1 amide bonds. The van der Waals surface area contributed by atoms with Crippen LogP contribution in [0, 0.1) is 6.92 Å². The normalized spacial score (nSPS) is 10.4. The maximum absolute atomic E-state index is 12.2. The van der Waals surface area contributed by atoms with E-state index in [9.17, 15) is 4.79 Å². The van der Waals surface area contributed by atoms with Gasteiger partial charge in [0, 0.05) is 35.9 Å². The van der Waals surface area contributed by atoms with Crippen LogP contribution in [0.3, 0.4) is 0 Å². The molecule has 0 saturated heterocycles. The summed E-state index contributed by atoms with van der Waals surface area (Å²) in [6.45, 7) is 2.41. The monoisotopic (exact) mass is 263 g/mol. The molecule has 1 N–H and O–H groups in total. The standard InChI is InChI=1S/C13H14ClN3O/c1-9-5-11(3-4-12(9)14)13(18)17(2)8-10-6-15-16-7-10/h3-7H,8H2,1-2H3,(H,15,16). The number of H-pyrrole nitrogens is 1. The number of amides is 1. The number of nitrogens with zero attached hydrogens (tertiary/aromatic N) is 2. The van der Waals surface area contributed by atoms with Gasteiger partial charge >= 0.3 is 0 Å². The lowest BCUT2D eigenvalue weighted by molar-refractivity contribution is 0.0785. The summed E-state index contributed by atoms with van der Waals surface area (Å²) in [7, 11) is 1.76. The molecule has 0 aliphatic carbocycles. The molecule has 1 aromatic carbocycles. The van der Waals surface area contributed by atoms with Crippen molar-refractivity contribution in [3.05, 3.63) is 52.3 Å². The first-order chi connectivity index (χ1) is 8.58. The van der Waals surface area contributed by atoms with Gasteiger partial charge in [-0.2, -0.15) is 5.10 Å². The molecule has 2 rings (SSSR count). The van der Waals surface area contributed by atoms with E-state index >= 15 is 0 Å². The number of carbonyl (C=O) groups excluding carboxylic acids is 1. The first-order valence-corrected chi connectivity index (χ1v) is 5.95. The molecule has 0 aliphatic heterocycles. The van der Waals surface area contributed by atoms with E-state index in [2.05, 4.69) is 10.2 Å². The summed E-state index contributed by atoms with van der Waals surface area (Å²) in [6.07, 6.45) is 3.48. The molecule has 0 bridgehead atoms. The molecule has 0 spiro atoms. The van der Waals surface area contributed by atoms with Gasteiger partial charge in [-0.25, -0.2) is 0 Å². The molecular weight excluding hydrogens is 250 g/mol. The summed E-state index contributed by atoms with van der Waals surface area (Å²) < 4.78 is 0. The third kappa shape index (κ3) is 2.71. The highest BCUT2D eigenvalue weighted by atomic mass is 35.5. The van der Waals surface area contributed by atoms with Gasteiger partial charge in [-0.3, -0.25) is 9.89 Å². The van der Waals surface area contributed by atoms with Crippen LogP contribution in [0.1, 0.15) is 21.5 Å². The van der Waals surface area contributed by atoms with E-state index in [1.807, 2.05) is 6.92 Å². The van der Waals surface area contributed by atoms with E-state index in [-0.39, 0.29) is 5.91 Å². The summed E-state index contributed by atoms with van der Waals surface area (Å²) in [6, 6.07) is 5.29. The molecule has 0 saturated carbocycles. The second-order valence-electron chi connectivity index (χ2n) is 4.23. The van der Waals surface area contributed by atoms with Crippen molar-refractivity contribution in [2.45, 2.75) is 13.5 Å².